The number of hydrogen-bond donors (Lipinski definition) is 1. The van der Waals surface area contributed by atoms with Gasteiger partial charge in [-0.05, 0) is 30.3 Å². The predicted octanol–water partition coefficient (Wildman–Crippen LogP) is 2.22. The summed E-state index contributed by atoms with van der Waals surface area (Å²) in [4.78, 5) is 41.3. The highest BCUT2D eigenvalue weighted by Gasteiger charge is 2.27. The van der Waals surface area contributed by atoms with Crippen LogP contribution in [0.3, 0.4) is 0 Å². The van der Waals surface area contributed by atoms with Gasteiger partial charge in [-0.1, -0.05) is 17.3 Å². The molecule has 12 nitrogen and oxygen atoms in total. The molecule has 1 aromatic heterocycles. The van der Waals surface area contributed by atoms with E-state index >= 15 is 0 Å². The molecule has 2 aromatic carbocycles. The maximum Gasteiger partial charge on any atom is 0.339 e. The number of aromatic nitrogens is 2. The first kappa shape index (κ1) is 22.1. The highest BCUT2D eigenvalue weighted by molar-refractivity contribution is 6.04. The van der Waals surface area contributed by atoms with Crippen molar-refractivity contribution in [2.45, 2.75) is 12.8 Å². The highest BCUT2D eigenvalue weighted by Crippen LogP contribution is 2.35. The number of fused-ring (bicyclic) bond motifs is 1. The molecule has 0 unspecified atom stereocenters. The number of nitrogens with zero attached hydrogens (tertiary/aromatic N) is 4. The summed E-state index contributed by atoms with van der Waals surface area (Å²) in [7, 11) is 1.25. The van der Waals surface area contributed by atoms with E-state index in [-0.39, 0.29) is 49.2 Å². The van der Waals surface area contributed by atoms with E-state index in [1.165, 1.54) is 13.2 Å². The third-order valence-corrected chi connectivity index (χ3v) is 5.31. The molecule has 5 rings (SSSR count). The summed E-state index contributed by atoms with van der Waals surface area (Å²) in [5.74, 6) is 0.223. The standard InChI is InChI=1S/C23H19N5O7/c1-32-23(31)14-4-2-3-5-15(14)24-19(29)11-28-20(30)9-7-16(26-28)22-25-21(27-35-22)13-6-8-17-18(10-13)34-12-33-17/h2-6,8,10H,7,9,11-12H2,1H3,(H,24,29). The van der Waals surface area contributed by atoms with Crippen molar-refractivity contribution in [3.8, 4) is 22.9 Å². The molecule has 2 aliphatic rings. The molecule has 0 atom stereocenters. The second-order valence-electron chi connectivity index (χ2n) is 7.57. The Morgan fingerprint density at radius 2 is 1.94 bits per heavy atom. The first-order chi connectivity index (χ1) is 17.0. The lowest BCUT2D eigenvalue weighted by Gasteiger charge is -2.22. The van der Waals surface area contributed by atoms with Gasteiger partial charge >= 0.3 is 5.97 Å². The summed E-state index contributed by atoms with van der Waals surface area (Å²) in [6, 6.07) is 11.7. The van der Waals surface area contributed by atoms with Crippen LogP contribution in [0.25, 0.3) is 11.4 Å². The molecule has 178 valence electrons. The van der Waals surface area contributed by atoms with Crippen molar-refractivity contribution in [2.24, 2.45) is 5.10 Å². The Hall–Kier alpha value is -4.74. The molecular formula is C23H19N5O7. The lowest BCUT2D eigenvalue weighted by atomic mass is 10.1. The maximum absolute atomic E-state index is 12.6. The minimum absolute atomic E-state index is 0.118. The van der Waals surface area contributed by atoms with Crippen LogP contribution in [0.2, 0.25) is 0 Å². The van der Waals surface area contributed by atoms with Crippen LogP contribution < -0.4 is 14.8 Å². The summed E-state index contributed by atoms with van der Waals surface area (Å²) in [5, 5.41) is 11.9. The maximum atomic E-state index is 12.6. The Balaban J connectivity index is 1.31. The van der Waals surface area contributed by atoms with E-state index in [2.05, 4.69) is 20.6 Å². The molecular weight excluding hydrogens is 458 g/mol. The predicted molar refractivity (Wildman–Crippen MR) is 120 cm³/mol. The van der Waals surface area contributed by atoms with Crippen LogP contribution in [-0.2, 0) is 14.3 Å². The Labute approximate surface area is 198 Å². The van der Waals surface area contributed by atoms with Crippen molar-refractivity contribution in [3.05, 3.63) is 53.9 Å². The van der Waals surface area contributed by atoms with Crippen molar-refractivity contribution in [2.75, 3.05) is 25.8 Å². The molecule has 1 N–H and O–H groups in total. The van der Waals surface area contributed by atoms with Crippen LogP contribution >= 0.6 is 0 Å². The SMILES string of the molecule is COC(=O)c1ccccc1NC(=O)CN1N=C(c2nc(-c3ccc4c(c3)OCO4)no2)CCC1=O. The highest BCUT2D eigenvalue weighted by atomic mass is 16.7. The average Bonchev–Trinajstić information content (AvgIpc) is 3.55. The number of hydrogen-bond acceptors (Lipinski definition) is 10. The van der Waals surface area contributed by atoms with Gasteiger partial charge in [-0.2, -0.15) is 10.1 Å². The normalized spacial score (nSPS) is 14.5. The van der Waals surface area contributed by atoms with Gasteiger partial charge in [-0.3, -0.25) is 9.59 Å². The molecule has 12 heteroatoms. The monoisotopic (exact) mass is 477 g/mol. The number of esters is 1. The molecule has 0 bridgehead atoms. The smallest absolute Gasteiger partial charge is 0.339 e. The number of rotatable bonds is 6. The molecule has 0 aliphatic carbocycles. The quantitative estimate of drug-likeness (QED) is 0.528. The second-order valence-corrected chi connectivity index (χ2v) is 7.57. The Bertz CT molecular complexity index is 1350. The first-order valence-electron chi connectivity index (χ1n) is 10.6. The Morgan fingerprint density at radius 3 is 2.80 bits per heavy atom. The summed E-state index contributed by atoms with van der Waals surface area (Å²) in [5.41, 5.74) is 1.51. The van der Waals surface area contributed by atoms with E-state index in [1.54, 1.807) is 36.4 Å². The van der Waals surface area contributed by atoms with Gasteiger partial charge in [-0.25, -0.2) is 9.80 Å². The number of benzene rings is 2. The molecule has 3 heterocycles. The largest absolute Gasteiger partial charge is 0.465 e. The molecule has 35 heavy (non-hydrogen) atoms. The number of para-hydroxylation sites is 1. The van der Waals surface area contributed by atoms with E-state index in [4.69, 9.17) is 18.7 Å². The number of carbonyl (C=O) groups is 3. The summed E-state index contributed by atoms with van der Waals surface area (Å²) in [6.45, 7) is -0.209. The van der Waals surface area contributed by atoms with Gasteiger partial charge in [0.25, 0.3) is 5.89 Å². The number of nitrogens with one attached hydrogen (secondary N) is 1. The van der Waals surface area contributed by atoms with Gasteiger partial charge in [0.2, 0.25) is 24.4 Å². The summed E-state index contributed by atoms with van der Waals surface area (Å²) < 4.78 is 20.8. The van der Waals surface area contributed by atoms with Crippen molar-refractivity contribution < 1.29 is 33.1 Å². The van der Waals surface area contributed by atoms with Crippen LogP contribution in [-0.4, -0.2) is 59.1 Å². The number of carbonyl (C=O) groups excluding carboxylic acids is 3. The fraction of sp³-hybridized carbons (Fsp3) is 0.217. The summed E-state index contributed by atoms with van der Waals surface area (Å²) in [6.07, 6.45) is 0.400. The van der Waals surface area contributed by atoms with Crippen molar-refractivity contribution >= 4 is 29.2 Å². The van der Waals surface area contributed by atoms with Crippen LogP contribution in [0.1, 0.15) is 29.1 Å². The van der Waals surface area contributed by atoms with E-state index in [0.29, 0.717) is 28.6 Å². The summed E-state index contributed by atoms with van der Waals surface area (Å²) >= 11 is 0. The zero-order chi connectivity index (χ0) is 24.4. The van der Waals surface area contributed by atoms with Gasteiger partial charge in [0.05, 0.1) is 18.4 Å². The van der Waals surface area contributed by atoms with Gasteiger partial charge in [-0.15, -0.1) is 0 Å². The third kappa shape index (κ3) is 4.53. The van der Waals surface area contributed by atoms with Gasteiger partial charge in [0, 0.05) is 18.4 Å². The third-order valence-electron chi connectivity index (χ3n) is 5.31. The minimum atomic E-state index is -0.593. The van der Waals surface area contributed by atoms with Gasteiger partial charge in [0.1, 0.15) is 12.3 Å². The van der Waals surface area contributed by atoms with Crippen molar-refractivity contribution in [1.29, 1.82) is 0 Å². The zero-order valence-electron chi connectivity index (χ0n) is 18.5. The number of methoxy groups -OCH3 is 1. The molecule has 0 fully saturated rings. The number of amides is 2. The molecule has 2 aliphatic heterocycles. The second kappa shape index (κ2) is 9.25. The fourth-order valence-electron chi connectivity index (χ4n) is 3.58. The molecule has 2 amide bonds. The zero-order valence-corrected chi connectivity index (χ0v) is 18.5. The molecule has 0 spiro atoms. The van der Waals surface area contributed by atoms with Gasteiger partial charge < -0.3 is 24.1 Å². The fourth-order valence-corrected chi connectivity index (χ4v) is 3.58. The number of hydrazone groups is 1. The van der Waals surface area contributed by atoms with Crippen molar-refractivity contribution in [1.82, 2.24) is 15.1 Å². The molecule has 0 saturated carbocycles. The van der Waals surface area contributed by atoms with E-state index in [1.807, 2.05) is 0 Å². The topological polar surface area (TPSA) is 145 Å². The molecule has 3 aromatic rings. The van der Waals surface area contributed by atoms with Crippen molar-refractivity contribution in [3.63, 3.8) is 0 Å². The Morgan fingerprint density at radius 1 is 1.11 bits per heavy atom. The average molecular weight is 477 g/mol. The van der Waals surface area contributed by atoms with E-state index in [9.17, 15) is 14.4 Å². The van der Waals surface area contributed by atoms with E-state index in [0.717, 1.165) is 5.01 Å². The minimum Gasteiger partial charge on any atom is -0.465 e. The number of anilines is 1. The van der Waals surface area contributed by atoms with Crippen LogP contribution in [0, 0.1) is 0 Å². The Kier molecular flexibility index (Phi) is 5.83. The first-order valence-corrected chi connectivity index (χ1v) is 10.6. The molecule has 0 saturated heterocycles. The molecule has 0 radical (unpaired) electrons. The van der Waals surface area contributed by atoms with Crippen LogP contribution in [0.5, 0.6) is 11.5 Å². The van der Waals surface area contributed by atoms with E-state index < -0.39 is 11.9 Å². The lowest BCUT2D eigenvalue weighted by Crippen LogP contribution is -2.38. The van der Waals surface area contributed by atoms with Gasteiger partial charge in [0.15, 0.2) is 11.5 Å². The van der Waals surface area contributed by atoms with Crippen LogP contribution in [0.15, 0.2) is 52.1 Å². The lowest BCUT2D eigenvalue weighted by molar-refractivity contribution is -0.135. The number of ether oxygens (including phenoxy) is 3. The van der Waals surface area contributed by atoms with Crippen LogP contribution in [0.4, 0.5) is 5.69 Å².